The zero-order chi connectivity index (χ0) is 21.8. The molecule has 1 N–H and O–H groups in total. The predicted octanol–water partition coefficient (Wildman–Crippen LogP) is 5.49. The number of carbonyl (C=O) groups is 1. The number of rotatable bonds is 5. The average Bonchev–Trinajstić information content (AvgIpc) is 3.11. The normalized spacial score (nSPS) is 18.0. The van der Waals surface area contributed by atoms with Crippen molar-refractivity contribution in [2.45, 2.75) is 25.4 Å². The Morgan fingerprint density at radius 2 is 1.94 bits per heavy atom. The first-order chi connectivity index (χ1) is 15.0. The van der Waals surface area contributed by atoms with Gasteiger partial charge in [0.1, 0.15) is 5.04 Å². The third-order valence-electron chi connectivity index (χ3n) is 5.50. The Labute approximate surface area is 200 Å². The lowest BCUT2D eigenvalue weighted by Gasteiger charge is -2.34. The van der Waals surface area contributed by atoms with Gasteiger partial charge in [0.2, 0.25) is 5.91 Å². The Kier molecular flexibility index (Phi) is 7.16. The molecule has 4 rings (SSSR count). The molecule has 0 bridgehead atoms. The SMILES string of the molecule is CCN1CCC2(CC1)N=C(SCC(=O)Nc1cccc(Cl)c1)C(c1ccc(Br)cc1)=N2. The summed E-state index contributed by atoms with van der Waals surface area (Å²) in [4.78, 5) is 25.1. The van der Waals surface area contributed by atoms with Crippen LogP contribution in [-0.4, -0.2) is 52.6 Å². The highest BCUT2D eigenvalue weighted by Gasteiger charge is 2.39. The van der Waals surface area contributed by atoms with Crippen LogP contribution in [0.3, 0.4) is 0 Å². The van der Waals surface area contributed by atoms with Gasteiger partial charge >= 0.3 is 0 Å². The van der Waals surface area contributed by atoms with E-state index in [1.54, 1.807) is 12.1 Å². The largest absolute Gasteiger partial charge is 0.325 e. The third-order valence-corrected chi connectivity index (χ3v) is 7.23. The monoisotopic (exact) mass is 518 g/mol. The first-order valence-corrected chi connectivity index (χ1v) is 12.5. The lowest BCUT2D eigenvalue weighted by molar-refractivity contribution is -0.113. The topological polar surface area (TPSA) is 57.1 Å². The van der Waals surface area contributed by atoms with E-state index in [-0.39, 0.29) is 11.7 Å². The van der Waals surface area contributed by atoms with Gasteiger partial charge in [0.15, 0.2) is 5.66 Å². The summed E-state index contributed by atoms with van der Waals surface area (Å²) in [5.74, 6) is 0.171. The number of thioether (sulfide) groups is 1. The van der Waals surface area contributed by atoms with E-state index in [9.17, 15) is 4.79 Å². The van der Waals surface area contributed by atoms with Crippen molar-refractivity contribution in [1.29, 1.82) is 0 Å². The van der Waals surface area contributed by atoms with Crippen LogP contribution in [0.1, 0.15) is 25.3 Å². The van der Waals surface area contributed by atoms with Crippen LogP contribution in [0, 0.1) is 0 Å². The molecule has 0 aromatic heterocycles. The number of carbonyl (C=O) groups excluding carboxylic acids is 1. The van der Waals surface area contributed by atoms with Gasteiger partial charge in [-0.15, -0.1) is 0 Å². The van der Waals surface area contributed by atoms with Gasteiger partial charge in [-0.05, 0) is 36.9 Å². The summed E-state index contributed by atoms with van der Waals surface area (Å²) < 4.78 is 1.02. The minimum Gasteiger partial charge on any atom is -0.325 e. The van der Waals surface area contributed by atoms with Crippen molar-refractivity contribution in [3.63, 3.8) is 0 Å². The lowest BCUT2D eigenvalue weighted by atomic mass is 9.98. The van der Waals surface area contributed by atoms with E-state index in [0.717, 1.165) is 53.3 Å². The maximum absolute atomic E-state index is 12.5. The molecule has 0 aliphatic carbocycles. The highest BCUT2D eigenvalue weighted by molar-refractivity contribution is 9.10. The number of likely N-dealkylation sites (tertiary alicyclic amines) is 1. The smallest absolute Gasteiger partial charge is 0.234 e. The van der Waals surface area contributed by atoms with Crippen LogP contribution in [0.25, 0.3) is 0 Å². The standard InChI is InChI=1S/C23H24BrClN4OS/c1-2-29-12-10-23(11-13-29)27-21(16-6-8-17(24)9-7-16)22(28-23)31-15-20(30)26-19-5-3-4-18(25)14-19/h3-9,14H,2,10-13,15H2,1H3,(H,26,30). The minimum atomic E-state index is -0.403. The summed E-state index contributed by atoms with van der Waals surface area (Å²) in [5, 5.41) is 4.34. The minimum absolute atomic E-state index is 0.0909. The van der Waals surface area contributed by atoms with Crippen molar-refractivity contribution in [2.75, 3.05) is 30.7 Å². The zero-order valence-electron chi connectivity index (χ0n) is 17.3. The molecule has 2 aromatic rings. The number of nitrogens with one attached hydrogen (secondary N) is 1. The summed E-state index contributed by atoms with van der Waals surface area (Å²) in [5.41, 5.74) is 2.20. The number of benzene rings is 2. The fraction of sp³-hybridized carbons (Fsp3) is 0.348. The van der Waals surface area contributed by atoms with Gasteiger partial charge in [0.25, 0.3) is 0 Å². The summed E-state index contributed by atoms with van der Waals surface area (Å²) >= 11 is 11.0. The number of nitrogens with zero attached hydrogens (tertiary/aromatic N) is 3. The number of halogens is 2. The van der Waals surface area contributed by atoms with E-state index in [4.69, 9.17) is 21.6 Å². The molecule has 0 saturated carbocycles. The van der Waals surface area contributed by atoms with Gasteiger partial charge in [-0.1, -0.05) is 64.4 Å². The third kappa shape index (κ3) is 5.58. The highest BCUT2D eigenvalue weighted by Crippen LogP contribution is 2.35. The number of anilines is 1. The highest BCUT2D eigenvalue weighted by atomic mass is 79.9. The second-order valence-electron chi connectivity index (χ2n) is 7.65. The van der Waals surface area contributed by atoms with Crippen LogP contribution >= 0.6 is 39.3 Å². The molecule has 31 heavy (non-hydrogen) atoms. The fourth-order valence-corrected chi connectivity index (χ4v) is 5.10. The molecular weight excluding hydrogens is 496 g/mol. The van der Waals surface area contributed by atoms with E-state index in [0.29, 0.717) is 10.7 Å². The van der Waals surface area contributed by atoms with E-state index < -0.39 is 5.66 Å². The van der Waals surface area contributed by atoms with Crippen molar-refractivity contribution in [2.24, 2.45) is 9.98 Å². The van der Waals surface area contributed by atoms with Crippen molar-refractivity contribution in [1.82, 2.24) is 4.90 Å². The van der Waals surface area contributed by atoms with E-state index >= 15 is 0 Å². The molecule has 1 fully saturated rings. The van der Waals surface area contributed by atoms with Crippen LogP contribution in [-0.2, 0) is 4.79 Å². The maximum Gasteiger partial charge on any atom is 0.234 e. The first kappa shape index (κ1) is 22.5. The Bertz CT molecular complexity index is 1020. The van der Waals surface area contributed by atoms with Gasteiger partial charge in [-0.25, -0.2) is 4.99 Å². The Hall–Kier alpha value is -1.67. The van der Waals surface area contributed by atoms with E-state index in [1.165, 1.54) is 11.8 Å². The molecule has 2 aromatic carbocycles. The molecule has 2 heterocycles. The molecule has 0 atom stereocenters. The molecule has 5 nitrogen and oxygen atoms in total. The van der Waals surface area contributed by atoms with E-state index in [2.05, 4.69) is 33.1 Å². The van der Waals surface area contributed by atoms with Crippen molar-refractivity contribution in [3.8, 4) is 0 Å². The van der Waals surface area contributed by atoms with Crippen LogP contribution in [0.5, 0.6) is 0 Å². The van der Waals surface area contributed by atoms with Crippen LogP contribution in [0.15, 0.2) is 63.0 Å². The molecule has 2 aliphatic rings. The second kappa shape index (κ2) is 9.86. The summed E-state index contributed by atoms with van der Waals surface area (Å²) in [7, 11) is 0. The molecule has 1 spiro atoms. The quantitative estimate of drug-likeness (QED) is 0.568. The Morgan fingerprint density at radius 1 is 1.19 bits per heavy atom. The van der Waals surface area contributed by atoms with Gasteiger partial charge in [0, 0.05) is 46.7 Å². The van der Waals surface area contributed by atoms with Crippen LogP contribution < -0.4 is 5.32 Å². The Balaban J connectivity index is 1.50. The maximum atomic E-state index is 12.5. The predicted molar refractivity (Wildman–Crippen MR) is 135 cm³/mol. The van der Waals surface area contributed by atoms with Gasteiger partial charge in [-0.3, -0.25) is 9.79 Å². The zero-order valence-corrected chi connectivity index (χ0v) is 20.4. The number of hydrogen-bond acceptors (Lipinski definition) is 5. The van der Waals surface area contributed by atoms with Crippen molar-refractivity contribution >= 4 is 61.6 Å². The molecule has 0 radical (unpaired) electrons. The first-order valence-electron chi connectivity index (χ1n) is 10.3. The molecule has 8 heteroatoms. The van der Waals surface area contributed by atoms with Gasteiger partial charge < -0.3 is 10.2 Å². The molecule has 2 aliphatic heterocycles. The average molecular weight is 520 g/mol. The summed E-state index contributed by atoms with van der Waals surface area (Å²) in [6, 6.07) is 15.3. The molecule has 1 saturated heterocycles. The number of piperidine rings is 1. The second-order valence-corrected chi connectivity index (χ2v) is 9.96. The van der Waals surface area contributed by atoms with Gasteiger partial charge in [0.05, 0.1) is 11.5 Å². The fourth-order valence-electron chi connectivity index (χ4n) is 3.77. The molecule has 1 amide bonds. The lowest BCUT2D eigenvalue weighted by Crippen LogP contribution is -2.41. The van der Waals surface area contributed by atoms with Crippen LogP contribution in [0.2, 0.25) is 5.02 Å². The number of amides is 1. The summed E-state index contributed by atoms with van der Waals surface area (Å²) in [6.45, 7) is 5.22. The number of hydrogen-bond donors (Lipinski definition) is 1. The van der Waals surface area contributed by atoms with Crippen LogP contribution in [0.4, 0.5) is 5.69 Å². The van der Waals surface area contributed by atoms with Crippen molar-refractivity contribution in [3.05, 3.63) is 63.6 Å². The van der Waals surface area contributed by atoms with Crippen molar-refractivity contribution < 1.29 is 4.79 Å². The summed E-state index contributed by atoms with van der Waals surface area (Å²) in [6.07, 6.45) is 1.80. The van der Waals surface area contributed by atoms with E-state index in [1.807, 2.05) is 36.4 Å². The van der Waals surface area contributed by atoms with Gasteiger partial charge in [-0.2, -0.15) is 0 Å². The molecule has 162 valence electrons. The number of aliphatic imine (C=N–C) groups is 2. The molecule has 0 unspecified atom stereocenters. The molecular formula is C23H24BrClN4OS. The Morgan fingerprint density at radius 3 is 2.61 bits per heavy atom.